The van der Waals surface area contributed by atoms with E-state index in [9.17, 15) is 9.90 Å². The molecule has 0 radical (unpaired) electrons. The summed E-state index contributed by atoms with van der Waals surface area (Å²) in [5.74, 6) is 0.181. The summed E-state index contributed by atoms with van der Waals surface area (Å²) in [7, 11) is 0. The average molecular weight is 269 g/mol. The number of hydrogen-bond acceptors (Lipinski definition) is 3. The summed E-state index contributed by atoms with van der Waals surface area (Å²) in [4.78, 5) is 11.7. The smallest absolute Gasteiger partial charge is 0.237 e. The molecule has 4 nitrogen and oxygen atoms in total. The third kappa shape index (κ3) is 3.62. The molecule has 1 fully saturated rings. The highest BCUT2D eigenvalue weighted by atomic mass is 35.5. The molecule has 1 atom stereocenters. The van der Waals surface area contributed by atoms with E-state index in [1.54, 1.807) is 25.1 Å². The maximum Gasteiger partial charge on any atom is 0.237 e. The van der Waals surface area contributed by atoms with Crippen LogP contribution < -0.4 is 10.6 Å². The van der Waals surface area contributed by atoms with Crippen LogP contribution in [0.5, 0.6) is 5.75 Å². The molecule has 3 N–H and O–H groups in total. The van der Waals surface area contributed by atoms with Crippen LogP contribution in [0.3, 0.4) is 0 Å². The molecule has 1 aromatic rings. The molecule has 98 valence electrons. The number of hydrogen-bond donors (Lipinski definition) is 3. The van der Waals surface area contributed by atoms with Crippen molar-refractivity contribution in [3.05, 3.63) is 28.8 Å². The van der Waals surface area contributed by atoms with Crippen LogP contribution in [0.1, 0.15) is 25.3 Å². The van der Waals surface area contributed by atoms with Gasteiger partial charge in [0.1, 0.15) is 5.75 Å². The Labute approximate surface area is 111 Å². The SMILES string of the molecule is CC(NCc1cc(Cl)ccc1O)C(=O)NC1CC1. The molecule has 1 aliphatic rings. The van der Waals surface area contributed by atoms with Crippen molar-refractivity contribution in [3.8, 4) is 5.75 Å². The van der Waals surface area contributed by atoms with Gasteiger partial charge in [0.25, 0.3) is 0 Å². The first-order valence-corrected chi connectivity index (χ1v) is 6.45. The highest BCUT2D eigenvalue weighted by molar-refractivity contribution is 6.30. The van der Waals surface area contributed by atoms with Gasteiger partial charge in [0, 0.05) is 23.2 Å². The molecule has 2 rings (SSSR count). The van der Waals surface area contributed by atoms with Crippen molar-refractivity contribution in [2.45, 2.75) is 38.4 Å². The maximum absolute atomic E-state index is 11.7. The molecule has 1 aromatic carbocycles. The van der Waals surface area contributed by atoms with Gasteiger partial charge in [-0.2, -0.15) is 0 Å². The van der Waals surface area contributed by atoms with Crippen LogP contribution in [-0.4, -0.2) is 23.1 Å². The molecule has 18 heavy (non-hydrogen) atoms. The summed E-state index contributed by atoms with van der Waals surface area (Å²) in [6.45, 7) is 2.21. The highest BCUT2D eigenvalue weighted by Gasteiger charge is 2.25. The lowest BCUT2D eigenvalue weighted by Gasteiger charge is -2.14. The van der Waals surface area contributed by atoms with E-state index in [-0.39, 0.29) is 17.7 Å². The second kappa shape index (κ2) is 5.59. The predicted octanol–water partition coefficient (Wildman–Crippen LogP) is 1.80. The van der Waals surface area contributed by atoms with Crippen LogP contribution in [0.2, 0.25) is 5.02 Å². The number of carbonyl (C=O) groups is 1. The Morgan fingerprint density at radius 2 is 2.28 bits per heavy atom. The minimum Gasteiger partial charge on any atom is -0.508 e. The number of nitrogens with one attached hydrogen (secondary N) is 2. The van der Waals surface area contributed by atoms with Gasteiger partial charge in [0.05, 0.1) is 6.04 Å². The summed E-state index contributed by atoms with van der Waals surface area (Å²) < 4.78 is 0. The van der Waals surface area contributed by atoms with Crippen molar-refractivity contribution in [1.29, 1.82) is 0 Å². The van der Waals surface area contributed by atoms with Crippen molar-refractivity contribution in [3.63, 3.8) is 0 Å². The third-order valence-corrected chi connectivity index (χ3v) is 3.19. The van der Waals surface area contributed by atoms with Gasteiger partial charge < -0.3 is 15.7 Å². The molecule has 0 heterocycles. The van der Waals surface area contributed by atoms with Crippen LogP contribution in [0, 0.1) is 0 Å². The van der Waals surface area contributed by atoms with Crippen LogP contribution in [0.25, 0.3) is 0 Å². The second-order valence-electron chi connectivity index (χ2n) is 4.66. The Morgan fingerprint density at radius 1 is 1.56 bits per heavy atom. The fourth-order valence-corrected chi connectivity index (χ4v) is 1.80. The van der Waals surface area contributed by atoms with Gasteiger partial charge >= 0.3 is 0 Å². The van der Waals surface area contributed by atoms with E-state index in [2.05, 4.69) is 10.6 Å². The molecule has 5 heteroatoms. The largest absolute Gasteiger partial charge is 0.508 e. The van der Waals surface area contributed by atoms with Gasteiger partial charge in [-0.15, -0.1) is 0 Å². The van der Waals surface area contributed by atoms with Crippen molar-refractivity contribution >= 4 is 17.5 Å². The first-order chi connectivity index (χ1) is 8.56. The van der Waals surface area contributed by atoms with Gasteiger partial charge in [0.2, 0.25) is 5.91 Å². The molecule has 1 amide bonds. The van der Waals surface area contributed by atoms with E-state index in [0.29, 0.717) is 23.2 Å². The molecule has 0 aromatic heterocycles. The van der Waals surface area contributed by atoms with Gasteiger partial charge in [-0.25, -0.2) is 0 Å². The molecule has 0 bridgehead atoms. The minimum absolute atomic E-state index is 0.000909. The first kappa shape index (κ1) is 13.2. The van der Waals surface area contributed by atoms with E-state index in [4.69, 9.17) is 11.6 Å². The molecule has 0 spiro atoms. The Balaban J connectivity index is 1.85. The fourth-order valence-electron chi connectivity index (χ4n) is 1.61. The average Bonchev–Trinajstić information content (AvgIpc) is 3.13. The Kier molecular flexibility index (Phi) is 4.09. The molecule has 1 unspecified atom stereocenters. The zero-order valence-electron chi connectivity index (χ0n) is 10.2. The summed E-state index contributed by atoms with van der Waals surface area (Å²) >= 11 is 5.85. The van der Waals surface area contributed by atoms with E-state index in [0.717, 1.165) is 12.8 Å². The van der Waals surface area contributed by atoms with Crippen molar-refractivity contribution < 1.29 is 9.90 Å². The quantitative estimate of drug-likeness (QED) is 0.763. The van der Waals surface area contributed by atoms with E-state index >= 15 is 0 Å². The normalized spacial score (nSPS) is 16.3. The van der Waals surface area contributed by atoms with Gasteiger partial charge in [-0.05, 0) is 38.0 Å². The van der Waals surface area contributed by atoms with Crippen LogP contribution >= 0.6 is 11.6 Å². The fraction of sp³-hybridized carbons (Fsp3) is 0.462. The summed E-state index contributed by atoms with van der Waals surface area (Å²) in [6, 6.07) is 4.94. The topological polar surface area (TPSA) is 61.4 Å². The summed E-state index contributed by atoms with van der Waals surface area (Å²) in [5, 5.41) is 16.2. The number of aromatic hydroxyl groups is 1. The third-order valence-electron chi connectivity index (χ3n) is 2.96. The summed E-state index contributed by atoms with van der Waals surface area (Å²) in [6.07, 6.45) is 2.15. The Hall–Kier alpha value is -1.26. The maximum atomic E-state index is 11.7. The van der Waals surface area contributed by atoms with Crippen LogP contribution in [0.4, 0.5) is 0 Å². The van der Waals surface area contributed by atoms with E-state index in [1.165, 1.54) is 0 Å². The molecular formula is C13H17ClN2O2. The van der Waals surface area contributed by atoms with E-state index < -0.39 is 0 Å². The number of halogens is 1. The minimum atomic E-state index is -0.288. The number of benzene rings is 1. The van der Waals surface area contributed by atoms with Gasteiger partial charge in [-0.3, -0.25) is 4.79 Å². The van der Waals surface area contributed by atoms with E-state index in [1.807, 2.05) is 0 Å². The molecule has 0 aliphatic heterocycles. The summed E-state index contributed by atoms with van der Waals surface area (Å²) in [5.41, 5.74) is 0.688. The zero-order valence-corrected chi connectivity index (χ0v) is 11.0. The molecule has 1 saturated carbocycles. The predicted molar refractivity (Wildman–Crippen MR) is 70.6 cm³/mol. The van der Waals surface area contributed by atoms with Crippen molar-refractivity contribution in [2.75, 3.05) is 0 Å². The zero-order chi connectivity index (χ0) is 13.1. The van der Waals surface area contributed by atoms with Crippen LogP contribution in [0.15, 0.2) is 18.2 Å². The van der Waals surface area contributed by atoms with Crippen LogP contribution in [-0.2, 0) is 11.3 Å². The number of phenolic OH excluding ortho intramolecular Hbond substituents is 1. The highest BCUT2D eigenvalue weighted by Crippen LogP contribution is 2.21. The number of amides is 1. The lowest BCUT2D eigenvalue weighted by Crippen LogP contribution is -2.42. The lowest BCUT2D eigenvalue weighted by molar-refractivity contribution is -0.122. The lowest BCUT2D eigenvalue weighted by atomic mass is 10.2. The van der Waals surface area contributed by atoms with Gasteiger partial charge in [-0.1, -0.05) is 11.6 Å². The van der Waals surface area contributed by atoms with Gasteiger partial charge in [0.15, 0.2) is 0 Å². The Morgan fingerprint density at radius 3 is 2.94 bits per heavy atom. The Bertz CT molecular complexity index is 447. The number of phenols is 1. The number of carbonyl (C=O) groups excluding carboxylic acids is 1. The molecular weight excluding hydrogens is 252 g/mol. The molecule has 1 aliphatic carbocycles. The first-order valence-electron chi connectivity index (χ1n) is 6.07. The standard InChI is InChI=1S/C13H17ClN2O2/c1-8(13(18)16-11-3-4-11)15-7-9-6-10(14)2-5-12(9)17/h2,5-6,8,11,15,17H,3-4,7H2,1H3,(H,16,18). The number of rotatable bonds is 5. The monoisotopic (exact) mass is 268 g/mol. The van der Waals surface area contributed by atoms with Crippen molar-refractivity contribution in [2.24, 2.45) is 0 Å². The second-order valence-corrected chi connectivity index (χ2v) is 5.09. The van der Waals surface area contributed by atoms with Crippen molar-refractivity contribution in [1.82, 2.24) is 10.6 Å². The molecule has 0 saturated heterocycles.